The van der Waals surface area contributed by atoms with Crippen molar-refractivity contribution in [2.75, 3.05) is 12.4 Å². The molecule has 3 aromatic carbocycles. The first kappa shape index (κ1) is 18.4. The lowest BCUT2D eigenvalue weighted by Crippen LogP contribution is -2.29. The Morgan fingerprint density at radius 2 is 1.87 bits per heavy atom. The summed E-state index contributed by atoms with van der Waals surface area (Å²) in [5.74, 6) is 0.890. The lowest BCUT2D eigenvalue weighted by atomic mass is 9.76. The van der Waals surface area contributed by atoms with E-state index in [-0.39, 0.29) is 28.3 Å². The highest BCUT2D eigenvalue weighted by molar-refractivity contribution is 5.71. The number of hydrogen-bond acceptors (Lipinski definition) is 4. The largest absolute Gasteiger partial charge is 0.490 e. The van der Waals surface area contributed by atoms with E-state index >= 15 is 0 Å². The number of hydrogen-bond donors (Lipinski definition) is 1. The van der Waals surface area contributed by atoms with E-state index in [1.165, 1.54) is 23.8 Å². The van der Waals surface area contributed by atoms with E-state index in [1.807, 2.05) is 12.1 Å². The SMILES string of the molecule is COc1ccc(C2Nc3ccc(-c4ccccc4)cc3C3C=CCC32)cc1[N+](=O)[O-]. The minimum absolute atomic E-state index is 0.00419. The maximum Gasteiger partial charge on any atom is 0.311 e. The average molecular weight is 398 g/mol. The number of anilines is 1. The van der Waals surface area contributed by atoms with Crippen LogP contribution < -0.4 is 10.1 Å². The van der Waals surface area contributed by atoms with Crippen LogP contribution in [0.15, 0.2) is 78.9 Å². The quantitative estimate of drug-likeness (QED) is 0.328. The minimum atomic E-state index is -0.379. The van der Waals surface area contributed by atoms with E-state index in [2.05, 4.69) is 59.9 Å². The monoisotopic (exact) mass is 398 g/mol. The molecule has 1 aliphatic heterocycles. The van der Waals surface area contributed by atoms with Gasteiger partial charge in [-0.25, -0.2) is 0 Å². The second kappa shape index (κ2) is 7.34. The molecule has 0 saturated carbocycles. The van der Waals surface area contributed by atoms with E-state index in [4.69, 9.17) is 4.74 Å². The molecule has 0 fully saturated rings. The molecule has 3 unspecified atom stereocenters. The van der Waals surface area contributed by atoms with Gasteiger partial charge < -0.3 is 10.1 Å². The van der Waals surface area contributed by atoms with Crippen molar-refractivity contribution >= 4 is 11.4 Å². The normalized spacial score (nSPS) is 21.4. The molecule has 0 aromatic heterocycles. The van der Waals surface area contributed by atoms with Gasteiger partial charge in [0.2, 0.25) is 0 Å². The summed E-state index contributed by atoms with van der Waals surface area (Å²) < 4.78 is 5.17. The van der Waals surface area contributed by atoms with Crippen LogP contribution in [0.5, 0.6) is 5.75 Å². The average Bonchev–Trinajstić information content (AvgIpc) is 3.28. The molecule has 150 valence electrons. The first-order chi connectivity index (χ1) is 14.7. The highest BCUT2D eigenvalue weighted by Gasteiger charge is 2.38. The molecule has 30 heavy (non-hydrogen) atoms. The van der Waals surface area contributed by atoms with Crippen LogP contribution in [-0.4, -0.2) is 12.0 Å². The van der Waals surface area contributed by atoms with E-state index in [9.17, 15) is 10.1 Å². The Hall–Kier alpha value is -3.60. The van der Waals surface area contributed by atoms with Crippen molar-refractivity contribution in [1.82, 2.24) is 0 Å². The maximum absolute atomic E-state index is 11.5. The number of methoxy groups -OCH3 is 1. The van der Waals surface area contributed by atoms with E-state index in [1.54, 1.807) is 12.1 Å². The predicted octanol–water partition coefficient (Wildman–Crippen LogP) is 6.10. The fraction of sp³-hybridized carbons (Fsp3) is 0.200. The third-order valence-corrected chi connectivity index (χ3v) is 6.23. The van der Waals surface area contributed by atoms with Crippen LogP contribution >= 0.6 is 0 Å². The standard InChI is InChI=1S/C25H22N2O3/c1-30-24-13-11-18(15-23(24)27(28)29)25-20-9-5-8-19(20)21-14-17(10-12-22(21)26-25)16-6-3-2-4-7-16/h2-8,10-15,19-20,25-26H,9H2,1H3. The first-order valence-electron chi connectivity index (χ1n) is 10.1. The molecule has 5 heteroatoms. The van der Waals surface area contributed by atoms with Gasteiger partial charge in [-0.2, -0.15) is 0 Å². The van der Waals surface area contributed by atoms with Crippen molar-refractivity contribution in [2.24, 2.45) is 5.92 Å². The molecule has 0 spiro atoms. The number of rotatable bonds is 4. The third-order valence-electron chi connectivity index (χ3n) is 6.23. The fourth-order valence-electron chi connectivity index (χ4n) is 4.78. The zero-order valence-electron chi connectivity index (χ0n) is 16.6. The zero-order valence-corrected chi connectivity index (χ0v) is 16.6. The summed E-state index contributed by atoms with van der Waals surface area (Å²) in [5, 5.41) is 15.2. The van der Waals surface area contributed by atoms with Gasteiger partial charge in [0, 0.05) is 17.7 Å². The van der Waals surface area contributed by atoms with Gasteiger partial charge in [0.05, 0.1) is 18.1 Å². The van der Waals surface area contributed by atoms with Crippen LogP contribution in [0.3, 0.4) is 0 Å². The van der Waals surface area contributed by atoms with Gasteiger partial charge in [0.15, 0.2) is 5.75 Å². The van der Waals surface area contributed by atoms with Crippen LogP contribution in [0.4, 0.5) is 11.4 Å². The lowest BCUT2D eigenvalue weighted by molar-refractivity contribution is -0.385. The fourth-order valence-corrected chi connectivity index (χ4v) is 4.78. The van der Waals surface area contributed by atoms with Crippen LogP contribution in [0.25, 0.3) is 11.1 Å². The molecular weight excluding hydrogens is 376 g/mol. The number of benzene rings is 3. The van der Waals surface area contributed by atoms with Crippen LogP contribution in [0.1, 0.15) is 29.5 Å². The lowest BCUT2D eigenvalue weighted by Gasteiger charge is -2.37. The van der Waals surface area contributed by atoms with Gasteiger partial charge >= 0.3 is 5.69 Å². The molecular formula is C25H22N2O3. The Kier molecular flexibility index (Phi) is 4.51. The Balaban J connectivity index is 1.55. The molecule has 5 rings (SSSR count). The molecule has 1 heterocycles. The number of allylic oxidation sites excluding steroid dienone is 2. The van der Waals surface area contributed by atoms with Crippen molar-refractivity contribution in [1.29, 1.82) is 0 Å². The van der Waals surface area contributed by atoms with Gasteiger partial charge in [-0.15, -0.1) is 0 Å². The summed E-state index contributed by atoms with van der Waals surface area (Å²) in [7, 11) is 1.46. The highest BCUT2D eigenvalue weighted by Crippen LogP contribution is 2.51. The van der Waals surface area contributed by atoms with Crippen molar-refractivity contribution in [3.8, 4) is 16.9 Å². The first-order valence-corrected chi connectivity index (χ1v) is 10.1. The van der Waals surface area contributed by atoms with E-state index in [0.717, 1.165) is 17.7 Å². The molecule has 5 nitrogen and oxygen atoms in total. The summed E-state index contributed by atoms with van der Waals surface area (Å²) in [6.07, 6.45) is 5.45. The predicted molar refractivity (Wildman–Crippen MR) is 118 cm³/mol. The van der Waals surface area contributed by atoms with Crippen molar-refractivity contribution in [3.63, 3.8) is 0 Å². The van der Waals surface area contributed by atoms with Gasteiger partial charge in [-0.3, -0.25) is 10.1 Å². The molecule has 1 N–H and O–H groups in total. The number of nitrogens with one attached hydrogen (secondary N) is 1. The van der Waals surface area contributed by atoms with Gasteiger partial charge in [-0.05, 0) is 52.8 Å². The Labute approximate surface area is 175 Å². The Morgan fingerprint density at radius 1 is 1.03 bits per heavy atom. The number of ether oxygens (including phenoxy) is 1. The molecule has 3 aromatic rings. The van der Waals surface area contributed by atoms with E-state index in [0.29, 0.717) is 5.92 Å². The van der Waals surface area contributed by atoms with Gasteiger partial charge in [0.1, 0.15) is 0 Å². The number of nitro benzene ring substituents is 1. The van der Waals surface area contributed by atoms with Crippen molar-refractivity contribution in [2.45, 2.75) is 18.4 Å². The maximum atomic E-state index is 11.5. The molecule has 0 bridgehead atoms. The van der Waals surface area contributed by atoms with Gasteiger partial charge in [-0.1, -0.05) is 54.6 Å². The summed E-state index contributed by atoms with van der Waals surface area (Å²) in [5.41, 5.74) is 5.70. The topological polar surface area (TPSA) is 64.4 Å². The zero-order chi connectivity index (χ0) is 20.7. The van der Waals surface area contributed by atoms with Crippen molar-refractivity contribution < 1.29 is 9.66 Å². The Morgan fingerprint density at radius 3 is 2.63 bits per heavy atom. The number of fused-ring (bicyclic) bond motifs is 3. The van der Waals surface area contributed by atoms with Crippen LogP contribution in [0, 0.1) is 16.0 Å². The van der Waals surface area contributed by atoms with Gasteiger partial charge in [0.25, 0.3) is 0 Å². The van der Waals surface area contributed by atoms with Crippen LogP contribution in [-0.2, 0) is 0 Å². The number of nitro groups is 1. The molecule has 0 radical (unpaired) electrons. The summed E-state index contributed by atoms with van der Waals surface area (Å²) in [6, 6.07) is 22.2. The van der Waals surface area contributed by atoms with E-state index < -0.39 is 0 Å². The summed E-state index contributed by atoms with van der Waals surface area (Å²) in [6.45, 7) is 0. The highest BCUT2D eigenvalue weighted by atomic mass is 16.6. The summed E-state index contributed by atoms with van der Waals surface area (Å²) >= 11 is 0. The number of nitrogens with zero attached hydrogens (tertiary/aromatic N) is 1. The smallest absolute Gasteiger partial charge is 0.311 e. The second-order valence-electron chi connectivity index (χ2n) is 7.83. The van der Waals surface area contributed by atoms with Crippen molar-refractivity contribution in [3.05, 3.63) is 100 Å². The molecule has 1 aliphatic carbocycles. The molecule has 0 amide bonds. The van der Waals surface area contributed by atoms with Crippen LogP contribution in [0.2, 0.25) is 0 Å². The third kappa shape index (κ3) is 3.03. The Bertz CT molecular complexity index is 1140. The molecule has 2 aliphatic rings. The molecule has 0 saturated heterocycles. The minimum Gasteiger partial charge on any atom is -0.490 e. The summed E-state index contributed by atoms with van der Waals surface area (Å²) in [4.78, 5) is 11.1. The molecule has 3 atom stereocenters. The second-order valence-corrected chi connectivity index (χ2v) is 7.83.